The van der Waals surface area contributed by atoms with Crippen LogP contribution in [-0.4, -0.2) is 22.8 Å². The van der Waals surface area contributed by atoms with Gasteiger partial charge in [0.2, 0.25) is 0 Å². The van der Waals surface area contributed by atoms with Crippen LogP contribution in [-0.2, 0) is 27.5 Å². The molecule has 0 bridgehead atoms. The lowest BCUT2D eigenvalue weighted by atomic mass is 10.3. The van der Waals surface area contributed by atoms with Crippen molar-refractivity contribution in [2.24, 2.45) is 0 Å². The molecule has 124 valence electrons. The molecule has 2 aromatic heterocycles. The number of urea groups is 1. The van der Waals surface area contributed by atoms with E-state index in [2.05, 4.69) is 5.32 Å². The second-order valence-corrected chi connectivity index (χ2v) is 5.04. The highest BCUT2D eigenvalue weighted by Gasteiger charge is 2.33. The van der Waals surface area contributed by atoms with Crippen molar-refractivity contribution in [2.75, 3.05) is 0 Å². The molecule has 0 saturated carbocycles. The zero-order chi connectivity index (χ0) is 17.1. The maximum Gasteiger partial charge on any atom is 0.329 e. The van der Waals surface area contributed by atoms with E-state index in [1.165, 1.54) is 24.2 Å². The molecule has 3 amide bonds. The highest BCUT2D eigenvalue weighted by molar-refractivity contribution is 6.13. The number of hydrogen-bond donors (Lipinski definition) is 1. The Morgan fingerprint density at radius 2 is 2.12 bits per heavy atom. The van der Waals surface area contributed by atoms with Crippen molar-refractivity contribution in [1.82, 2.24) is 10.2 Å². The molecule has 8 heteroatoms. The fraction of sp³-hybridized carbons (Fsp3) is 0.188. The number of nitrogens with zero attached hydrogens (tertiary/aromatic N) is 1. The summed E-state index contributed by atoms with van der Waals surface area (Å²) in [5.74, 6) is 0.391. The van der Waals surface area contributed by atoms with Gasteiger partial charge in [-0.2, -0.15) is 0 Å². The average Bonchev–Trinajstić information content (AvgIpc) is 3.24. The molecule has 2 aromatic rings. The molecule has 0 unspecified atom stereocenters. The van der Waals surface area contributed by atoms with Crippen molar-refractivity contribution in [3.8, 4) is 0 Å². The molecule has 3 heterocycles. The Morgan fingerprint density at radius 3 is 2.83 bits per heavy atom. The van der Waals surface area contributed by atoms with Crippen LogP contribution < -0.4 is 5.32 Å². The van der Waals surface area contributed by atoms with Gasteiger partial charge < -0.3 is 13.6 Å². The van der Waals surface area contributed by atoms with Crippen molar-refractivity contribution in [3.05, 3.63) is 53.5 Å². The number of furan rings is 2. The molecule has 0 spiro atoms. The van der Waals surface area contributed by atoms with E-state index in [9.17, 15) is 14.4 Å². The second-order valence-electron chi connectivity index (χ2n) is 5.04. The van der Waals surface area contributed by atoms with E-state index in [0.717, 1.165) is 0 Å². The van der Waals surface area contributed by atoms with Gasteiger partial charge >= 0.3 is 12.0 Å². The second kappa shape index (κ2) is 6.45. The summed E-state index contributed by atoms with van der Waals surface area (Å²) < 4.78 is 15.5. The van der Waals surface area contributed by atoms with Gasteiger partial charge in [-0.15, -0.1) is 0 Å². The predicted molar refractivity (Wildman–Crippen MR) is 79.9 cm³/mol. The monoisotopic (exact) mass is 330 g/mol. The standard InChI is InChI=1S/C16H14N2O6/c1-10(19)23-9-13-5-4-11(24-13)7-14-15(20)17-16(21)18(14)8-12-3-2-6-22-12/h2-7H,8-9H2,1H3,(H,17,20,21). The number of rotatable bonds is 5. The predicted octanol–water partition coefficient (Wildman–Crippen LogP) is 2.03. The topological polar surface area (TPSA) is 102 Å². The van der Waals surface area contributed by atoms with Gasteiger partial charge in [0.25, 0.3) is 5.91 Å². The maximum absolute atomic E-state index is 12.0. The van der Waals surface area contributed by atoms with Crippen molar-refractivity contribution in [1.29, 1.82) is 0 Å². The van der Waals surface area contributed by atoms with Gasteiger partial charge in [-0.3, -0.25) is 19.8 Å². The van der Waals surface area contributed by atoms with E-state index < -0.39 is 17.9 Å². The molecular formula is C16H14N2O6. The molecule has 8 nitrogen and oxygen atoms in total. The van der Waals surface area contributed by atoms with Crippen LogP contribution in [0.2, 0.25) is 0 Å². The fourth-order valence-electron chi connectivity index (χ4n) is 2.18. The van der Waals surface area contributed by atoms with Gasteiger partial charge in [0.15, 0.2) is 0 Å². The molecule has 1 aliphatic rings. The van der Waals surface area contributed by atoms with Crippen LogP contribution in [0.3, 0.4) is 0 Å². The molecule has 0 aliphatic carbocycles. The lowest BCUT2D eigenvalue weighted by molar-refractivity contribution is -0.142. The van der Waals surface area contributed by atoms with Crippen molar-refractivity contribution in [2.45, 2.75) is 20.1 Å². The number of esters is 1. The first-order valence-corrected chi connectivity index (χ1v) is 7.12. The molecule has 24 heavy (non-hydrogen) atoms. The van der Waals surface area contributed by atoms with Crippen LogP contribution in [0.1, 0.15) is 24.2 Å². The van der Waals surface area contributed by atoms with Crippen LogP contribution in [0.15, 0.2) is 45.1 Å². The van der Waals surface area contributed by atoms with Crippen molar-refractivity contribution >= 4 is 24.0 Å². The van der Waals surface area contributed by atoms with Gasteiger partial charge in [-0.1, -0.05) is 0 Å². The van der Waals surface area contributed by atoms with E-state index in [0.29, 0.717) is 17.3 Å². The van der Waals surface area contributed by atoms with Crippen molar-refractivity contribution < 1.29 is 28.0 Å². The molecule has 1 aliphatic heterocycles. The number of nitrogens with one attached hydrogen (secondary N) is 1. The molecule has 0 atom stereocenters. The third kappa shape index (κ3) is 3.37. The number of amides is 3. The molecule has 1 fully saturated rings. The number of carbonyl (C=O) groups is 3. The Labute approximate surface area is 136 Å². The Kier molecular flexibility index (Phi) is 4.19. The SMILES string of the molecule is CC(=O)OCc1ccc(C=C2C(=O)NC(=O)N2Cc2ccco2)o1. The summed E-state index contributed by atoms with van der Waals surface area (Å²) in [5, 5.41) is 2.22. The van der Waals surface area contributed by atoms with Crippen LogP contribution in [0.5, 0.6) is 0 Å². The van der Waals surface area contributed by atoms with Crippen LogP contribution in [0.25, 0.3) is 6.08 Å². The normalized spacial score (nSPS) is 15.9. The third-order valence-corrected chi connectivity index (χ3v) is 3.26. The van der Waals surface area contributed by atoms with Crippen LogP contribution in [0, 0.1) is 0 Å². The Bertz CT molecular complexity index is 802. The van der Waals surface area contributed by atoms with Crippen LogP contribution in [0.4, 0.5) is 4.79 Å². The summed E-state index contributed by atoms with van der Waals surface area (Å²) >= 11 is 0. The van der Waals surface area contributed by atoms with Gasteiger partial charge in [-0.05, 0) is 24.3 Å². The molecular weight excluding hydrogens is 316 g/mol. The van der Waals surface area contributed by atoms with E-state index in [1.807, 2.05) is 0 Å². The van der Waals surface area contributed by atoms with Gasteiger partial charge in [0.05, 0.1) is 12.8 Å². The highest BCUT2D eigenvalue weighted by Crippen LogP contribution is 2.21. The Balaban J connectivity index is 1.79. The molecule has 3 rings (SSSR count). The van der Waals surface area contributed by atoms with E-state index in [4.69, 9.17) is 13.6 Å². The highest BCUT2D eigenvalue weighted by atomic mass is 16.5. The first kappa shape index (κ1) is 15.6. The van der Waals surface area contributed by atoms with E-state index in [-0.39, 0.29) is 18.8 Å². The number of imide groups is 1. The first-order chi connectivity index (χ1) is 11.5. The Hall–Kier alpha value is -3.29. The summed E-state index contributed by atoms with van der Waals surface area (Å²) in [6, 6.07) is 6.11. The smallest absolute Gasteiger partial charge is 0.329 e. The third-order valence-electron chi connectivity index (χ3n) is 3.26. The number of hydrogen-bond acceptors (Lipinski definition) is 6. The average molecular weight is 330 g/mol. The Morgan fingerprint density at radius 1 is 1.29 bits per heavy atom. The summed E-state index contributed by atoms with van der Waals surface area (Å²) in [6.07, 6.45) is 2.93. The zero-order valence-electron chi connectivity index (χ0n) is 12.8. The fourth-order valence-corrected chi connectivity index (χ4v) is 2.18. The summed E-state index contributed by atoms with van der Waals surface area (Å²) in [5.41, 5.74) is 0.143. The first-order valence-electron chi connectivity index (χ1n) is 7.12. The number of carbonyl (C=O) groups excluding carboxylic acids is 3. The minimum atomic E-state index is -0.533. The number of ether oxygens (including phenoxy) is 1. The van der Waals surface area contributed by atoms with Crippen LogP contribution >= 0.6 is 0 Å². The lowest BCUT2D eigenvalue weighted by Crippen LogP contribution is -2.27. The minimum absolute atomic E-state index is 0.000255. The summed E-state index contributed by atoms with van der Waals surface area (Å²) in [6.45, 7) is 1.42. The van der Waals surface area contributed by atoms with Gasteiger partial charge in [-0.25, -0.2) is 4.79 Å². The molecule has 1 N–H and O–H groups in total. The molecule has 1 saturated heterocycles. The summed E-state index contributed by atoms with van der Waals surface area (Å²) in [7, 11) is 0. The van der Waals surface area contributed by atoms with Gasteiger partial charge in [0, 0.05) is 13.0 Å². The quantitative estimate of drug-likeness (QED) is 0.511. The molecule has 0 aromatic carbocycles. The minimum Gasteiger partial charge on any atom is -0.467 e. The van der Waals surface area contributed by atoms with E-state index in [1.54, 1.807) is 24.3 Å². The van der Waals surface area contributed by atoms with Crippen molar-refractivity contribution in [3.63, 3.8) is 0 Å². The molecule has 0 radical (unpaired) electrons. The maximum atomic E-state index is 12.0. The van der Waals surface area contributed by atoms with E-state index >= 15 is 0 Å². The largest absolute Gasteiger partial charge is 0.467 e. The van der Waals surface area contributed by atoms with Gasteiger partial charge in [0.1, 0.15) is 29.6 Å². The lowest BCUT2D eigenvalue weighted by Gasteiger charge is -2.12. The zero-order valence-corrected chi connectivity index (χ0v) is 12.8. The summed E-state index contributed by atoms with van der Waals surface area (Å²) in [4.78, 5) is 35.9.